The first-order valence-corrected chi connectivity index (χ1v) is 6.63. The second-order valence-corrected chi connectivity index (χ2v) is 5.14. The van der Waals surface area contributed by atoms with Crippen LogP contribution < -0.4 is 5.32 Å². The lowest BCUT2D eigenvalue weighted by atomic mass is 10.0. The first-order valence-electron chi connectivity index (χ1n) is 6.63. The summed E-state index contributed by atoms with van der Waals surface area (Å²) in [4.78, 5) is 10.4. The van der Waals surface area contributed by atoms with Crippen molar-refractivity contribution in [1.82, 2.24) is 0 Å². The van der Waals surface area contributed by atoms with Gasteiger partial charge in [0, 0.05) is 6.54 Å². The Hall–Kier alpha value is -2.43. The third-order valence-corrected chi connectivity index (χ3v) is 3.58. The fourth-order valence-corrected chi connectivity index (χ4v) is 2.21. The number of nitro benzene ring substituents is 1. The first-order chi connectivity index (χ1) is 9.88. The summed E-state index contributed by atoms with van der Waals surface area (Å²) in [5, 5.41) is 14.0. The number of rotatable bonds is 4. The minimum Gasteiger partial charge on any atom is -0.375 e. The van der Waals surface area contributed by atoms with E-state index in [4.69, 9.17) is 0 Å². The summed E-state index contributed by atoms with van der Waals surface area (Å²) < 4.78 is 13.1. The number of aryl methyl sites for hydroxylation is 3. The Morgan fingerprint density at radius 3 is 2.43 bits per heavy atom. The fourth-order valence-electron chi connectivity index (χ4n) is 2.21. The molecule has 0 heterocycles. The molecule has 0 aliphatic rings. The Bertz CT molecular complexity index is 699. The zero-order valence-corrected chi connectivity index (χ0v) is 12.2. The van der Waals surface area contributed by atoms with Crippen molar-refractivity contribution in [3.05, 3.63) is 68.5 Å². The minimum absolute atomic E-state index is 0.253. The predicted molar refractivity (Wildman–Crippen MR) is 81.0 cm³/mol. The molecule has 2 aromatic rings. The number of anilines is 1. The predicted octanol–water partition coefficient (Wildman–Crippen LogP) is 4.27. The molecular weight excluding hydrogens is 271 g/mol. The maximum absolute atomic E-state index is 13.1. The topological polar surface area (TPSA) is 55.2 Å². The van der Waals surface area contributed by atoms with E-state index < -0.39 is 10.7 Å². The second-order valence-electron chi connectivity index (χ2n) is 5.14. The third kappa shape index (κ3) is 3.37. The lowest BCUT2D eigenvalue weighted by molar-refractivity contribution is -0.384. The molecule has 0 unspecified atom stereocenters. The van der Waals surface area contributed by atoms with Gasteiger partial charge in [0.2, 0.25) is 0 Å². The van der Waals surface area contributed by atoms with E-state index in [9.17, 15) is 14.5 Å². The summed E-state index contributed by atoms with van der Waals surface area (Å²) in [6, 6.07) is 7.68. The molecule has 0 aromatic heterocycles. The Balaban J connectivity index is 2.25. The number of nitro groups is 1. The molecule has 1 N–H and O–H groups in total. The van der Waals surface area contributed by atoms with Gasteiger partial charge in [-0.05, 0) is 55.2 Å². The highest BCUT2D eigenvalue weighted by atomic mass is 19.1. The molecule has 0 aliphatic heterocycles. The van der Waals surface area contributed by atoms with Gasteiger partial charge in [0.05, 0.1) is 11.0 Å². The van der Waals surface area contributed by atoms with Crippen molar-refractivity contribution < 1.29 is 9.31 Å². The van der Waals surface area contributed by atoms with Crippen LogP contribution in [0, 0.1) is 36.7 Å². The van der Waals surface area contributed by atoms with Crippen LogP contribution in [-0.2, 0) is 6.54 Å². The van der Waals surface area contributed by atoms with Crippen LogP contribution in [0.25, 0.3) is 0 Å². The van der Waals surface area contributed by atoms with E-state index >= 15 is 0 Å². The summed E-state index contributed by atoms with van der Waals surface area (Å²) in [5.41, 5.74) is 4.64. The molecule has 0 amide bonds. The van der Waals surface area contributed by atoms with E-state index in [2.05, 4.69) is 17.4 Å². The number of hydrogen-bond donors (Lipinski definition) is 1. The van der Waals surface area contributed by atoms with Crippen LogP contribution in [0.2, 0.25) is 0 Å². The molecule has 21 heavy (non-hydrogen) atoms. The number of benzene rings is 2. The lowest BCUT2D eigenvalue weighted by Gasteiger charge is -2.12. The van der Waals surface area contributed by atoms with E-state index in [-0.39, 0.29) is 5.69 Å². The largest absolute Gasteiger partial charge is 0.375 e. The molecule has 5 heteroatoms. The smallest absolute Gasteiger partial charge is 0.295 e. The van der Waals surface area contributed by atoms with Crippen molar-refractivity contribution in [3.8, 4) is 0 Å². The van der Waals surface area contributed by atoms with E-state index in [1.807, 2.05) is 20.8 Å². The van der Waals surface area contributed by atoms with Crippen molar-refractivity contribution in [2.24, 2.45) is 0 Å². The Labute approximate surface area is 122 Å². The zero-order valence-electron chi connectivity index (χ0n) is 12.2. The monoisotopic (exact) mass is 288 g/mol. The van der Waals surface area contributed by atoms with Crippen LogP contribution >= 0.6 is 0 Å². The standard InChI is InChI=1S/C16H17FN2O2/c1-10-6-12(3)13(7-11(10)2)9-18-15-5-4-14(17)8-16(15)19(20)21/h4-8,18H,9H2,1-3H3. The molecule has 2 rings (SSSR count). The Kier molecular flexibility index (Phi) is 4.21. The Morgan fingerprint density at radius 2 is 1.76 bits per heavy atom. The van der Waals surface area contributed by atoms with Crippen LogP contribution in [0.15, 0.2) is 30.3 Å². The summed E-state index contributed by atoms with van der Waals surface area (Å²) in [7, 11) is 0. The third-order valence-electron chi connectivity index (χ3n) is 3.58. The summed E-state index contributed by atoms with van der Waals surface area (Å²) in [5.74, 6) is -0.616. The SMILES string of the molecule is Cc1cc(C)c(CNc2ccc(F)cc2[N+](=O)[O-])cc1C. The molecular formula is C16H17FN2O2. The molecule has 0 radical (unpaired) electrons. The number of hydrogen-bond acceptors (Lipinski definition) is 3. The molecule has 0 aliphatic carbocycles. The van der Waals surface area contributed by atoms with Crippen molar-refractivity contribution in [3.63, 3.8) is 0 Å². The van der Waals surface area contributed by atoms with Crippen molar-refractivity contribution in [2.45, 2.75) is 27.3 Å². The van der Waals surface area contributed by atoms with Gasteiger partial charge in [-0.1, -0.05) is 12.1 Å². The number of nitrogens with one attached hydrogen (secondary N) is 1. The average molecular weight is 288 g/mol. The quantitative estimate of drug-likeness (QED) is 0.675. The molecule has 110 valence electrons. The van der Waals surface area contributed by atoms with Gasteiger partial charge in [-0.15, -0.1) is 0 Å². The average Bonchev–Trinajstić information content (AvgIpc) is 2.42. The molecule has 0 saturated carbocycles. The number of nitrogens with zero attached hydrogens (tertiary/aromatic N) is 1. The Morgan fingerprint density at radius 1 is 1.10 bits per heavy atom. The van der Waals surface area contributed by atoms with Gasteiger partial charge in [0.15, 0.2) is 0 Å². The van der Waals surface area contributed by atoms with Crippen molar-refractivity contribution in [1.29, 1.82) is 0 Å². The molecule has 0 spiro atoms. The van der Waals surface area contributed by atoms with Gasteiger partial charge >= 0.3 is 0 Å². The van der Waals surface area contributed by atoms with Crippen LogP contribution in [-0.4, -0.2) is 4.92 Å². The first kappa shape index (κ1) is 15.0. The molecule has 0 fully saturated rings. The molecule has 4 nitrogen and oxygen atoms in total. The molecule has 2 aromatic carbocycles. The van der Waals surface area contributed by atoms with Gasteiger partial charge in [-0.3, -0.25) is 10.1 Å². The van der Waals surface area contributed by atoms with Crippen LogP contribution in [0.5, 0.6) is 0 Å². The van der Waals surface area contributed by atoms with Gasteiger partial charge in [-0.25, -0.2) is 4.39 Å². The highest BCUT2D eigenvalue weighted by molar-refractivity contribution is 5.61. The van der Waals surface area contributed by atoms with Crippen molar-refractivity contribution in [2.75, 3.05) is 5.32 Å². The van der Waals surface area contributed by atoms with E-state index in [0.29, 0.717) is 12.2 Å². The summed E-state index contributed by atoms with van der Waals surface area (Å²) >= 11 is 0. The summed E-state index contributed by atoms with van der Waals surface area (Å²) in [6.07, 6.45) is 0. The zero-order chi connectivity index (χ0) is 15.6. The van der Waals surface area contributed by atoms with E-state index in [0.717, 1.165) is 17.2 Å². The normalized spacial score (nSPS) is 10.5. The fraction of sp³-hybridized carbons (Fsp3) is 0.250. The second kappa shape index (κ2) is 5.91. The highest BCUT2D eigenvalue weighted by Crippen LogP contribution is 2.26. The van der Waals surface area contributed by atoms with Gasteiger partial charge < -0.3 is 5.32 Å². The lowest BCUT2D eigenvalue weighted by Crippen LogP contribution is -2.05. The maximum atomic E-state index is 13.1. The van der Waals surface area contributed by atoms with Crippen molar-refractivity contribution >= 4 is 11.4 Å². The van der Waals surface area contributed by atoms with E-state index in [1.165, 1.54) is 23.3 Å². The van der Waals surface area contributed by atoms with Gasteiger partial charge in [0.1, 0.15) is 11.5 Å². The molecule has 0 saturated heterocycles. The van der Waals surface area contributed by atoms with Gasteiger partial charge in [-0.2, -0.15) is 0 Å². The minimum atomic E-state index is -0.616. The molecule has 0 atom stereocenters. The maximum Gasteiger partial charge on any atom is 0.295 e. The van der Waals surface area contributed by atoms with E-state index in [1.54, 1.807) is 0 Å². The highest BCUT2D eigenvalue weighted by Gasteiger charge is 2.14. The number of halogens is 1. The van der Waals surface area contributed by atoms with Gasteiger partial charge in [0.25, 0.3) is 5.69 Å². The summed E-state index contributed by atoms with van der Waals surface area (Å²) in [6.45, 7) is 6.53. The van der Waals surface area contributed by atoms with Crippen LogP contribution in [0.1, 0.15) is 22.3 Å². The molecule has 0 bridgehead atoms. The van der Waals surface area contributed by atoms with Crippen LogP contribution in [0.4, 0.5) is 15.8 Å². The van der Waals surface area contributed by atoms with Crippen LogP contribution in [0.3, 0.4) is 0 Å².